The summed E-state index contributed by atoms with van der Waals surface area (Å²) in [7, 11) is 0. The van der Waals surface area contributed by atoms with E-state index >= 15 is 0 Å². The van der Waals surface area contributed by atoms with Gasteiger partial charge in [-0.25, -0.2) is 0 Å². The third-order valence-electron chi connectivity index (χ3n) is 3.68. The zero-order valence-electron chi connectivity index (χ0n) is 10.5. The Morgan fingerprint density at radius 3 is 2.84 bits per heavy atom. The largest absolute Gasteiger partial charge is 0.392 e. The molecule has 1 aromatic heterocycles. The monoisotopic (exact) mass is 273 g/mol. The fourth-order valence-corrected chi connectivity index (χ4v) is 3.72. The summed E-state index contributed by atoms with van der Waals surface area (Å²) in [6.07, 6.45) is 5.88. The van der Waals surface area contributed by atoms with Crippen LogP contribution in [0.4, 0.5) is 0 Å². The SMILES string of the molecule is O=CC1(Sc2ccnc3ccc(CO)cc23)CCC1. The second kappa shape index (κ2) is 4.94. The first kappa shape index (κ1) is 12.6. The molecule has 0 radical (unpaired) electrons. The standard InChI is InChI=1S/C15H15NO2S/c17-9-11-2-3-13-12(8-11)14(4-7-16-13)19-15(10-18)5-1-6-15/h2-4,7-8,10,17H,1,5-6,9H2. The van der Waals surface area contributed by atoms with Crippen molar-refractivity contribution in [3.05, 3.63) is 36.0 Å². The number of benzene rings is 1. The molecular weight excluding hydrogens is 258 g/mol. The molecule has 0 aliphatic heterocycles. The number of aldehydes is 1. The number of aliphatic hydroxyl groups is 1. The first-order valence-corrected chi connectivity index (χ1v) is 7.22. The first-order valence-electron chi connectivity index (χ1n) is 6.40. The molecule has 0 unspecified atom stereocenters. The number of hydrogen-bond acceptors (Lipinski definition) is 4. The van der Waals surface area contributed by atoms with Gasteiger partial charge in [-0.1, -0.05) is 6.07 Å². The molecule has 0 atom stereocenters. The molecule has 1 fully saturated rings. The summed E-state index contributed by atoms with van der Waals surface area (Å²) < 4.78 is -0.247. The van der Waals surface area contributed by atoms with Crippen LogP contribution in [0.1, 0.15) is 24.8 Å². The predicted molar refractivity (Wildman–Crippen MR) is 76.2 cm³/mol. The van der Waals surface area contributed by atoms with E-state index < -0.39 is 0 Å². The van der Waals surface area contributed by atoms with Gasteiger partial charge in [0.1, 0.15) is 6.29 Å². The van der Waals surface area contributed by atoms with Crippen molar-refractivity contribution in [2.45, 2.75) is 35.5 Å². The maximum Gasteiger partial charge on any atom is 0.136 e. The van der Waals surface area contributed by atoms with Gasteiger partial charge in [0.2, 0.25) is 0 Å². The summed E-state index contributed by atoms with van der Waals surface area (Å²) in [4.78, 5) is 16.7. The van der Waals surface area contributed by atoms with Crippen molar-refractivity contribution in [1.29, 1.82) is 0 Å². The molecule has 1 N–H and O–H groups in total. The molecule has 0 amide bonds. The Kier molecular flexibility index (Phi) is 3.29. The number of rotatable bonds is 4. The van der Waals surface area contributed by atoms with Crippen LogP contribution < -0.4 is 0 Å². The molecule has 4 heteroatoms. The van der Waals surface area contributed by atoms with Crippen LogP contribution in [0.2, 0.25) is 0 Å². The van der Waals surface area contributed by atoms with E-state index in [0.29, 0.717) is 0 Å². The number of hydrogen-bond donors (Lipinski definition) is 1. The van der Waals surface area contributed by atoms with Gasteiger partial charge in [0, 0.05) is 16.5 Å². The fraction of sp³-hybridized carbons (Fsp3) is 0.333. The normalized spacial score (nSPS) is 17.1. The van der Waals surface area contributed by atoms with Crippen LogP contribution >= 0.6 is 11.8 Å². The zero-order chi connectivity index (χ0) is 13.3. The highest BCUT2D eigenvalue weighted by Gasteiger charge is 2.38. The summed E-state index contributed by atoms with van der Waals surface area (Å²) in [6.45, 7) is 0.0216. The minimum Gasteiger partial charge on any atom is -0.392 e. The number of aromatic nitrogens is 1. The molecule has 1 aliphatic carbocycles. The third-order valence-corrected chi connectivity index (χ3v) is 5.16. The summed E-state index contributed by atoms with van der Waals surface area (Å²) >= 11 is 1.64. The molecule has 98 valence electrons. The third kappa shape index (κ3) is 2.26. The molecule has 0 bridgehead atoms. The Morgan fingerprint density at radius 2 is 2.21 bits per heavy atom. The lowest BCUT2D eigenvalue weighted by Gasteiger charge is -2.36. The van der Waals surface area contributed by atoms with Gasteiger partial charge in [-0.05, 0) is 43.0 Å². The fourth-order valence-electron chi connectivity index (χ4n) is 2.34. The van der Waals surface area contributed by atoms with E-state index in [-0.39, 0.29) is 11.4 Å². The second-order valence-corrected chi connectivity index (χ2v) is 6.41. The van der Waals surface area contributed by atoms with E-state index in [4.69, 9.17) is 0 Å². The second-order valence-electron chi connectivity index (χ2n) is 4.96. The summed E-state index contributed by atoms with van der Waals surface area (Å²) in [5.41, 5.74) is 1.78. The molecule has 19 heavy (non-hydrogen) atoms. The highest BCUT2D eigenvalue weighted by molar-refractivity contribution is 8.01. The number of aliphatic hydroxyl groups excluding tert-OH is 1. The van der Waals surface area contributed by atoms with E-state index in [1.54, 1.807) is 18.0 Å². The Bertz CT molecular complexity index is 623. The van der Waals surface area contributed by atoms with Gasteiger partial charge in [-0.15, -0.1) is 11.8 Å². The molecule has 1 aromatic carbocycles. The number of pyridine rings is 1. The highest BCUT2D eigenvalue weighted by Crippen LogP contribution is 2.47. The number of nitrogens with zero attached hydrogens (tertiary/aromatic N) is 1. The van der Waals surface area contributed by atoms with Crippen LogP contribution in [0, 0.1) is 0 Å². The van der Waals surface area contributed by atoms with E-state index in [1.807, 2.05) is 24.3 Å². The van der Waals surface area contributed by atoms with Crippen LogP contribution in [-0.4, -0.2) is 21.1 Å². The lowest BCUT2D eigenvalue weighted by atomic mass is 9.86. The van der Waals surface area contributed by atoms with Crippen molar-refractivity contribution < 1.29 is 9.90 Å². The molecule has 1 saturated carbocycles. The Hall–Kier alpha value is -1.39. The zero-order valence-corrected chi connectivity index (χ0v) is 11.3. The van der Waals surface area contributed by atoms with E-state index in [1.165, 1.54) is 0 Å². The Balaban J connectivity index is 2.04. The number of fused-ring (bicyclic) bond motifs is 1. The number of carbonyl (C=O) groups excluding carboxylic acids is 1. The van der Waals surface area contributed by atoms with Crippen molar-refractivity contribution in [2.75, 3.05) is 0 Å². The smallest absolute Gasteiger partial charge is 0.136 e. The van der Waals surface area contributed by atoms with Gasteiger partial charge in [0.25, 0.3) is 0 Å². The van der Waals surface area contributed by atoms with Crippen LogP contribution in [0.15, 0.2) is 35.4 Å². The van der Waals surface area contributed by atoms with Crippen LogP contribution in [-0.2, 0) is 11.4 Å². The average Bonchev–Trinajstić information content (AvgIpc) is 2.42. The quantitative estimate of drug-likeness (QED) is 0.870. The molecular formula is C15H15NO2S. The number of carbonyl (C=O) groups is 1. The first-order chi connectivity index (χ1) is 9.26. The van der Waals surface area contributed by atoms with Gasteiger partial charge in [-0.3, -0.25) is 4.98 Å². The van der Waals surface area contributed by atoms with E-state index in [2.05, 4.69) is 4.98 Å². The van der Waals surface area contributed by atoms with Crippen molar-refractivity contribution in [3.8, 4) is 0 Å². The van der Waals surface area contributed by atoms with Crippen LogP contribution in [0.5, 0.6) is 0 Å². The summed E-state index contributed by atoms with van der Waals surface area (Å²) in [6, 6.07) is 7.71. The maximum absolute atomic E-state index is 11.3. The van der Waals surface area contributed by atoms with Gasteiger partial charge >= 0.3 is 0 Å². The van der Waals surface area contributed by atoms with E-state index in [0.717, 1.165) is 46.9 Å². The van der Waals surface area contributed by atoms with Crippen LogP contribution in [0.25, 0.3) is 10.9 Å². The molecule has 1 heterocycles. The van der Waals surface area contributed by atoms with Gasteiger partial charge < -0.3 is 9.90 Å². The summed E-state index contributed by atoms with van der Waals surface area (Å²) in [5.74, 6) is 0. The molecule has 2 aromatic rings. The Labute approximate surface area is 116 Å². The van der Waals surface area contributed by atoms with Crippen molar-refractivity contribution in [2.24, 2.45) is 0 Å². The van der Waals surface area contributed by atoms with Crippen molar-refractivity contribution in [1.82, 2.24) is 4.98 Å². The molecule has 1 aliphatic rings. The molecule has 0 spiro atoms. The molecule has 3 nitrogen and oxygen atoms in total. The van der Waals surface area contributed by atoms with Gasteiger partial charge in [0.15, 0.2) is 0 Å². The van der Waals surface area contributed by atoms with E-state index in [9.17, 15) is 9.90 Å². The lowest BCUT2D eigenvalue weighted by Crippen LogP contribution is -2.34. The number of thioether (sulfide) groups is 1. The topological polar surface area (TPSA) is 50.2 Å². The van der Waals surface area contributed by atoms with Crippen molar-refractivity contribution >= 4 is 29.0 Å². The highest BCUT2D eigenvalue weighted by atomic mass is 32.2. The molecule has 3 rings (SSSR count). The maximum atomic E-state index is 11.3. The molecule has 0 saturated heterocycles. The Morgan fingerprint density at radius 1 is 1.37 bits per heavy atom. The summed E-state index contributed by atoms with van der Waals surface area (Å²) in [5, 5.41) is 10.3. The van der Waals surface area contributed by atoms with Gasteiger partial charge in [0.05, 0.1) is 16.9 Å². The minimum atomic E-state index is -0.247. The predicted octanol–water partition coefficient (Wildman–Crippen LogP) is 2.94. The minimum absolute atomic E-state index is 0.0216. The van der Waals surface area contributed by atoms with Crippen molar-refractivity contribution in [3.63, 3.8) is 0 Å². The average molecular weight is 273 g/mol. The van der Waals surface area contributed by atoms with Crippen LogP contribution in [0.3, 0.4) is 0 Å². The lowest BCUT2D eigenvalue weighted by molar-refractivity contribution is -0.111. The van der Waals surface area contributed by atoms with Gasteiger partial charge in [-0.2, -0.15) is 0 Å².